The van der Waals surface area contributed by atoms with Crippen LogP contribution in [-0.2, 0) is 19.6 Å². The van der Waals surface area contributed by atoms with Gasteiger partial charge in [-0.05, 0) is 58.2 Å². The van der Waals surface area contributed by atoms with Gasteiger partial charge in [0, 0.05) is 26.1 Å². The zero-order valence-electron chi connectivity index (χ0n) is 17.7. The number of benzene rings is 1. The number of ether oxygens (including phenoxy) is 1. The average Bonchev–Trinajstić information content (AvgIpc) is 2.64. The van der Waals surface area contributed by atoms with E-state index in [9.17, 15) is 18.0 Å². The highest BCUT2D eigenvalue weighted by Crippen LogP contribution is 2.27. The molecule has 2 N–H and O–H groups in total. The lowest BCUT2D eigenvalue weighted by Gasteiger charge is -2.35. The van der Waals surface area contributed by atoms with Gasteiger partial charge in [-0.2, -0.15) is 0 Å². The van der Waals surface area contributed by atoms with Gasteiger partial charge >= 0.3 is 6.09 Å². The molecule has 0 radical (unpaired) electrons. The van der Waals surface area contributed by atoms with Crippen LogP contribution in [0.4, 0.5) is 4.79 Å². The average molecular weight is 426 g/mol. The van der Waals surface area contributed by atoms with Crippen molar-refractivity contribution in [1.82, 2.24) is 9.80 Å². The van der Waals surface area contributed by atoms with E-state index in [0.717, 1.165) is 0 Å². The molecule has 0 bridgehead atoms. The van der Waals surface area contributed by atoms with Crippen LogP contribution in [0.15, 0.2) is 29.2 Å². The van der Waals surface area contributed by atoms with Crippen molar-refractivity contribution in [3.8, 4) is 0 Å². The van der Waals surface area contributed by atoms with Gasteiger partial charge in [0.15, 0.2) is 0 Å². The zero-order chi connectivity index (χ0) is 22.0. The molecule has 1 fully saturated rings. The van der Waals surface area contributed by atoms with Crippen molar-refractivity contribution in [2.75, 3.05) is 20.1 Å². The molecule has 9 heteroatoms. The van der Waals surface area contributed by atoms with Gasteiger partial charge in [0.05, 0.1) is 10.9 Å². The summed E-state index contributed by atoms with van der Waals surface area (Å²) in [5.41, 5.74) is 0.142. The standard InChI is InChI=1S/C20H31N3O5S/c1-14(16-7-6-8-17(13-16)29(21,26)27)22(5)18(24)15-9-11-23(12-10-15)19(25)28-20(2,3)4/h6-8,13-15H,9-12H2,1-5H3,(H2,21,26,27). The van der Waals surface area contributed by atoms with Crippen LogP contribution in [0.5, 0.6) is 0 Å². The van der Waals surface area contributed by atoms with Gasteiger partial charge in [0.2, 0.25) is 15.9 Å². The molecule has 1 atom stereocenters. The number of primary sulfonamides is 1. The number of hydrogen-bond donors (Lipinski definition) is 1. The summed E-state index contributed by atoms with van der Waals surface area (Å²) >= 11 is 0. The fourth-order valence-corrected chi connectivity index (χ4v) is 3.86. The molecule has 0 spiro atoms. The summed E-state index contributed by atoms with van der Waals surface area (Å²) in [6.45, 7) is 8.24. The lowest BCUT2D eigenvalue weighted by atomic mass is 9.94. The molecule has 8 nitrogen and oxygen atoms in total. The summed E-state index contributed by atoms with van der Waals surface area (Å²) in [6, 6.07) is 6.00. The van der Waals surface area contributed by atoms with E-state index in [1.807, 2.05) is 27.7 Å². The van der Waals surface area contributed by atoms with E-state index in [4.69, 9.17) is 9.88 Å². The Balaban J connectivity index is 2.00. The fourth-order valence-electron chi connectivity index (χ4n) is 3.29. The molecule has 0 aromatic heterocycles. The van der Waals surface area contributed by atoms with Crippen molar-refractivity contribution in [2.45, 2.75) is 57.1 Å². The van der Waals surface area contributed by atoms with Crippen molar-refractivity contribution in [2.24, 2.45) is 11.1 Å². The fraction of sp³-hybridized carbons (Fsp3) is 0.600. The van der Waals surface area contributed by atoms with Crippen molar-refractivity contribution in [1.29, 1.82) is 0 Å². The topological polar surface area (TPSA) is 110 Å². The van der Waals surface area contributed by atoms with Gasteiger partial charge in [0.1, 0.15) is 5.60 Å². The van der Waals surface area contributed by atoms with Gasteiger partial charge in [-0.1, -0.05) is 12.1 Å². The zero-order valence-corrected chi connectivity index (χ0v) is 18.5. The van der Waals surface area contributed by atoms with Crippen molar-refractivity contribution < 1.29 is 22.7 Å². The highest BCUT2D eigenvalue weighted by molar-refractivity contribution is 7.89. The summed E-state index contributed by atoms with van der Waals surface area (Å²) in [5, 5.41) is 5.20. The minimum absolute atomic E-state index is 0.0216. The van der Waals surface area contributed by atoms with E-state index in [-0.39, 0.29) is 28.9 Å². The summed E-state index contributed by atoms with van der Waals surface area (Å²) in [7, 11) is -2.10. The van der Waals surface area contributed by atoms with E-state index in [0.29, 0.717) is 31.5 Å². The maximum absolute atomic E-state index is 12.9. The molecular formula is C20H31N3O5S. The summed E-state index contributed by atoms with van der Waals surface area (Å²) in [6.07, 6.45) is 0.767. The molecule has 162 valence electrons. The Labute approximate surface area is 173 Å². The van der Waals surface area contributed by atoms with Gasteiger partial charge in [0.25, 0.3) is 0 Å². The van der Waals surface area contributed by atoms with E-state index in [2.05, 4.69) is 0 Å². The minimum Gasteiger partial charge on any atom is -0.444 e. The number of hydrogen-bond acceptors (Lipinski definition) is 5. The van der Waals surface area contributed by atoms with Crippen LogP contribution in [-0.4, -0.2) is 56.0 Å². The number of carbonyl (C=O) groups excluding carboxylic acids is 2. The summed E-state index contributed by atoms with van der Waals surface area (Å²) in [5.74, 6) is -0.218. The molecular weight excluding hydrogens is 394 g/mol. The second kappa shape index (κ2) is 8.71. The van der Waals surface area contributed by atoms with Gasteiger partial charge in [-0.15, -0.1) is 0 Å². The molecule has 1 aliphatic rings. The van der Waals surface area contributed by atoms with Crippen molar-refractivity contribution >= 4 is 22.0 Å². The van der Waals surface area contributed by atoms with Gasteiger partial charge in [-0.25, -0.2) is 18.4 Å². The molecule has 0 aliphatic carbocycles. The molecule has 2 amide bonds. The van der Waals surface area contributed by atoms with Crippen molar-refractivity contribution in [3.05, 3.63) is 29.8 Å². The number of sulfonamides is 1. The molecule has 1 aliphatic heterocycles. The molecule has 1 unspecified atom stereocenters. The highest BCUT2D eigenvalue weighted by atomic mass is 32.2. The van der Waals surface area contributed by atoms with Crippen LogP contribution in [0.3, 0.4) is 0 Å². The van der Waals surface area contributed by atoms with E-state index >= 15 is 0 Å². The van der Waals surface area contributed by atoms with Crippen LogP contribution >= 0.6 is 0 Å². The lowest BCUT2D eigenvalue weighted by molar-refractivity contribution is -0.137. The van der Waals surface area contributed by atoms with Crippen LogP contribution in [0.2, 0.25) is 0 Å². The van der Waals surface area contributed by atoms with Crippen LogP contribution in [0.25, 0.3) is 0 Å². The maximum Gasteiger partial charge on any atom is 0.410 e. The first-order chi connectivity index (χ1) is 13.3. The first kappa shape index (κ1) is 23.2. The number of nitrogens with two attached hydrogens (primary N) is 1. The Morgan fingerprint density at radius 3 is 2.34 bits per heavy atom. The van der Waals surface area contributed by atoms with E-state index < -0.39 is 15.6 Å². The molecule has 1 aromatic carbocycles. The predicted molar refractivity (Wildman–Crippen MR) is 110 cm³/mol. The first-order valence-corrected chi connectivity index (χ1v) is 11.2. The maximum atomic E-state index is 12.9. The Bertz CT molecular complexity index is 855. The third kappa shape index (κ3) is 6.17. The minimum atomic E-state index is -3.81. The lowest BCUT2D eigenvalue weighted by Crippen LogP contribution is -2.45. The number of rotatable bonds is 4. The van der Waals surface area contributed by atoms with Gasteiger partial charge < -0.3 is 14.5 Å². The van der Waals surface area contributed by atoms with Crippen LogP contribution in [0.1, 0.15) is 52.1 Å². The Hall–Kier alpha value is -2.13. The number of carbonyl (C=O) groups is 2. The monoisotopic (exact) mass is 425 g/mol. The Morgan fingerprint density at radius 2 is 1.83 bits per heavy atom. The predicted octanol–water partition coefficient (Wildman–Crippen LogP) is 2.50. The smallest absolute Gasteiger partial charge is 0.410 e. The summed E-state index contributed by atoms with van der Waals surface area (Å²) in [4.78, 5) is 28.4. The normalized spacial score (nSPS) is 17.0. The molecule has 1 saturated heterocycles. The third-order valence-corrected chi connectivity index (χ3v) is 6.00. The van der Waals surface area contributed by atoms with E-state index in [1.165, 1.54) is 12.1 Å². The Morgan fingerprint density at radius 1 is 1.24 bits per heavy atom. The number of piperidine rings is 1. The molecule has 1 heterocycles. The molecule has 29 heavy (non-hydrogen) atoms. The molecule has 2 rings (SSSR count). The van der Waals surface area contributed by atoms with E-state index in [1.54, 1.807) is 29.0 Å². The third-order valence-electron chi connectivity index (χ3n) is 5.09. The summed E-state index contributed by atoms with van der Waals surface area (Å²) < 4.78 is 28.6. The number of amides is 2. The Kier molecular flexibility index (Phi) is 6.95. The van der Waals surface area contributed by atoms with Crippen LogP contribution in [0, 0.1) is 5.92 Å². The molecule has 0 saturated carbocycles. The molecule has 1 aromatic rings. The largest absolute Gasteiger partial charge is 0.444 e. The second-order valence-electron chi connectivity index (χ2n) is 8.48. The highest BCUT2D eigenvalue weighted by Gasteiger charge is 2.32. The van der Waals surface area contributed by atoms with Crippen molar-refractivity contribution in [3.63, 3.8) is 0 Å². The number of nitrogens with zero attached hydrogens (tertiary/aromatic N) is 2. The number of likely N-dealkylation sites (tertiary alicyclic amines) is 1. The first-order valence-electron chi connectivity index (χ1n) is 9.67. The van der Waals surface area contributed by atoms with Gasteiger partial charge in [-0.3, -0.25) is 4.79 Å². The SMILES string of the molecule is CC(c1cccc(S(N)(=O)=O)c1)N(C)C(=O)C1CCN(C(=O)OC(C)(C)C)CC1. The quantitative estimate of drug-likeness (QED) is 0.797. The second-order valence-corrected chi connectivity index (χ2v) is 10.0. The van der Waals surface area contributed by atoms with Crippen LogP contribution < -0.4 is 5.14 Å².